The van der Waals surface area contributed by atoms with Crippen LogP contribution in [0.25, 0.3) is 0 Å². The molecule has 2 aromatic rings. The molecule has 0 bridgehead atoms. The van der Waals surface area contributed by atoms with Crippen molar-refractivity contribution in [1.29, 1.82) is 0 Å². The van der Waals surface area contributed by atoms with Gasteiger partial charge < -0.3 is 19.3 Å². The highest BCUT2D eigenvalue weighted by Gasteiger charge is 2.16. The molecule has 1 N–H and O–H groups in total. The van der Waals surface area contributed by atoms with Crippen LogP contribution in [0, 0.1) is 0 Å². The first-order chi connectivity index (χ1) is 12.7. The van der Waals surface area contributed by atoms with E-state index < -0.39 is 6.10 Å². The first-order valence-electron chi connectivity index (χ1n) is 9.39. The summed E-state index contributed by atoms with van der Waals surface area (Å²) in [6.07, 6.45) is 4.89. The van der Waals surface area contributed by atoms with Crippen LogP contribution in [0.1, 0.15) is 30.5 Å². The lowest BCUT2D eigenvalue weighted by Crippen LogP contribution is -2.38. The first kappa shape index (κ1) is 18.9. The van der Waals surface area contributed by atoms with Crippen LogP contribution < -0.4 is 4.74 Å². The topological polar surface area (TPSA) is 62.0 Å². The van der Waals surface area contributed by atoms with Gasteiger partial charge in [-0.05, 0) is 39.0 Å². The highest BCUT2D eigenvalue weighted by Crippen LogP contribution is 2.20. The Labute approximate surface area is 155 Å². The van der Waals surface area contributed by atoms with E-state index in [-0.39, 0.29) is 0 Å². The van der Waals surface area contributed by atoms with E-state index in [4.69, 9.17) is 9.26 Å². The standard InChI is InChI=1S/C20H29N3O3/c1-22(14-18-9-12-26-21-18)13-17-7-3-4-8-20(17)25-16-19(24)15-23-10-5-2-6-11-23/h3-4,7-9,12,19,24H,2,5-6,10-11,13-16H2,1H3/t19-/m0/s1. The molecule has 0 radical (unpaired) electrons. The van der Waals surface area contributed by atoms with E-state index in [9.17, 15) is 5.11 Å². The number of β-amino-alcohol motifs (C(OH)–C–C–N with tert-alkyl or cyclic N) is 1. The number of aromatic nitrogens is 1. The Morgan fingerprint density at radius 3 is 2.77 bits per heavy atom. The van der Waals surface area contributed by atoms with Gasteiger partial charge in [-0.3, -0.25) is 4.90 Å². The van der Waals surface area contributed by atoms with E-state index in [0.29, 0.717) is 19.7 Å². The smallest absolute Gasteiger partial charge is 0.124 e. The number of piperidine rings is 1. The molecule has 0 amide bonds. The van der Waals surface area contributed by atoms with Gasteiger partial charge in [-0.25, -0.2) is 0 Å². The van der Waals surface area contributed by atoms with Crippen LogP contribution in [0.2, 0.25) is 0 Å². The van der Waals surface area contributed by atoms with Crippen LogP contribution in [0.15, 0.2) is 41.1 Å². The molecule has 1 aliphatic rings. The van der Waals surface area contributed by atoms with Gasteiger partial charge in [0.25, 0.3) is 0 Å². The fourth-order valence-corrected chi connectivity index (χ4v) is 3.40. The normalized spacial score (nSPS) is 16.7. The summed E-state index contributed by atoms with van der Waals surface area (Å²) in [4.78, 5) is 4.49. The predicted molar refractivity (Wildman–Crippen MR) is 99.9 cm³/mol. The molecule has 0 saturated carbocycles. The Morgan fingerprint density at radius 1 is 1.19 bits per heavy atom. The van der Waals surface area contributed by atoms with Crippen molar-refractivity contribution in [3.05, 3.63) is 47.9 Å². The van der Waals surface area contributed by atoms with Gasteiger partial charge in [-0.1, -0.05) is 29.8 Å². The van der Waals surface area contributed by atoms with Gasteiger partial charge in [0.05, 0.1) is 5.69 Å². The number of hydrogen-bond acceptors (Lipinski definition) is 6. The number of hydrogen-bond donors (Lipinski definition) is 1. The summed E-state index contributed by atoms with van der Waals surface area (Å²) in [5, 5.41) is 14.3. The maximum Gasteiger partial charge on any atom is 0.124 e. The monoisotopic (exact) mass is 359 g/mol. The fraction of sp³-hybridized carbons (Fsp3) is 0.550. The second kappa shape index (κ2) is 9.71. The van der Waals surface area contributed by atoms with Crippen molar-refractivity contribution in [2.45, 2.75) is 38.5 Å². The fourth-order valence-electron chi connectivity index (χ4n) is 3.40. The molecule has 0 unspecified atom stereocenters. The summed E-state index contributed by atoms with van der Waals surface area (Å²) in [6.45, 7) is 4.63. The van der Waals surface area contributed by atoms with E-state index in [2.05, 4.69) is 21.0 Å². The number of para-hydroxylation sites is 1. The minimum atomic E-state index is -0.464. The zero-order chi connectivity index (χ0) is 18.2. The molecule has 6 nitrogen and oxygen atoms in total. The van der Waals surface area contributed by atoms with E-state index in [1.54, 1.807) is 6.26 Å². The molecule has 1 aliphatic heterocycles. The lowest BCUT2D eigenvalue weighted by Gasteiger charge is -2.28. The molecular weight excluding hydrogens is 330 g/mol. The summed E-state index contributed by atoms with van der Waals surface area (Å²) in [7, 11) is 2.04. The number of aliphatic hydroxyl groups is 1. The molecule has 0 aliphatic carbocycles. The van der Waals surface area contributed by atoms with Gasteiger partial charge in [-0.2, -0.15) is 0 Å². The second-order valence-electron chi connectivity index (χ2n) is 7.10. The van der Waals surface area contributed by atoms with Gasteiger partial charge >= 0.3 is 0 Å². The van der Waals surface area contributed by atoms with Crippen LogP contribution in [-0.4, -0.2) is 59.5 Å². The minimum Gasteiger partial charge on any atom is -0.491 e. The van der Waals surface area contributed by atoms with Gasteiger partial charge in [0.1, 0.15) is 24.7 Å². The summed E-state index contributed by atoms with van der Waals surface area (Å²) in [5.41, 5.74) is 2.01. The van der Waals surface area contributed by atoms with Gasteiger partial charge in [0, 0.05) is 31.3 Å². The van der Waals surface area contributed by atoms with Crippen molar-refractivity contribution in [2.75, 3.05) is 33.3 Å². The number of ether oxygens (including phenoxy) is 1. The van der Waals surface area contributed by atoms with Crippen LogP contribution >= 0.6 is 0 Å². The third-order valence-corrected chi connectivity index (χ3v) is 4.68. The number of rotatable bonds is 9. The Balaban J connectivity index is 1.49. The summed E-state index contributed by atoms with van der Waals surface area (Å²) in [6, 6.07) is 9.87. The van der Waals surface area contributed by atoms with E-state index >= 15 is 0 Å². The van der Waals surface area contributed by atoms with Crippen LogP contribution in [-0.2, 0) is 13.1 Å². The quantitative estimate of drug-likeness (QED) is 0.742. The summed E-state index contributed by atoms with van der Waals surface area (Å²) < 4.78 is 10.8. The summed E-state index contributed by atoms with van der Waals surface area (Å²) in [5.74, 6) is 0.831. The third-order valence-electron chi connectivity index (χ3n) is 4.68. The zero-order valence-electron chi connectivity index (χ0n) is 15.5. The molecular formula is C20H29N3O3. The predicted octanol–water partition coefficient (Wildman–Crippen LogP) is 2.53. The molecule has 1 aromatic carbocycles. The average molecular weight is 359 g/mol. The average Bonchev–Trinajstić information content (AvgIpc) is 3.14. The lowest BCUT2D eigenvalue weighted by atomic mass is 10.1. The van der Waals surface area contributed by atoms with Crippen LogP contribution in [0.4, 0.5) is 0 Å². The van der Waals surface area contributed by atoms with Crippen molar-refractivity contribution in [3.63, 3.8) is 0 Å². The Hall–Kier alpha value is -1.89. The largest absolute Gasteiger partial charge is 0.491 e. The van der Waals surface area contributed by atoms with E-state index in [0.717, 1.165) is 36.6 Å². The lowest BCUT2D eigenvalue weighted by molar-refractivity contribution is 0.0612. The van der Waals surface area contributed by atoms with Crippen molar-refractivity contribution in [2.24, 2.45) is 0 Å². The molecule has 1 aromatic heterocycles. The number of benzene rings is 1. The van der Waals surface area contributed by atoms with Crippen molar-refractivity contribution in [3.8, 4) is 5.75 Å². The van der Waals surface area contributed by atoms with E-state index in [1.165, 1.54) is 19.3 Å². The molecule has 1 atom stereocenters. The number of aliphatic hydroxyl groups excluding tert-OH is 1. The molecule has 0 spiro atoms. The highest BCUT2D eigenvalue weighted by atomic mass is 16.5. The molecule has 1 saturated heterocycles. The van der Waals surface area contributed by atoms with Gasteiger partial charge in [0.15, 0.2) is 0 Å². The van der Waals surface area contributed by atoms with Crippen molar-refractivity contribution < 1.29 is 14.4 Å². The first-order valence-corrected chi connectivity index (χ1v) is 9.39. The van der Waals surface area contributed by atoms with Crippen LogP contribution in [0.5, 0.6) is 5.75 Å². The third kappa shape index (κ3) is 5.83. The summed E-state index contributed by atoms with van der Waals surface area (Å²) >= 11 is 0. The molecule has 6 heteroatoms. The maximum absolute atomic E-state index is 10.3. The van der Waals surface area contributed by atoms with Gasteiger partial charge in [-0.15, -0.1) is 0 Å². The second-order valence-corrected chi connectivity index (χ2v) is 7.10. The van der Waals surface area contributed by atoms with Crippen molar-refractivity contribution >= 4 is 0 Å². The number of likely N-dealkylation sites (tertiary alicyclic amines) is 1. The zero-order valence-corrected chi connectivity index (χ0v) is 15.5. The molecule has 1 fully saturated rings. The van der Waals surface area contributed by atoms with Crippen LogP contribution in [0.3, 0.4) is 0 Å². The Bertz CT molecular complexity index is 642. The van der Waals surface area contributed by atoms with E-state index in [1.807, 2.05) is 31.3 Å². The number of nitrogens with zero attached hydrogens (tertiary/aromatic N) is 3. The molecule has 26 heavy (non-hydrogen) atoms. The highest BCUT2D eigenvalue weighted by molar-refractivity contribution is 5.33. The molecule has 2 heterocycles. The Kier molecular flexibility index (Phi) is 7.05. The Morgan fingerprint density at radius 2 is 2.00 bits per heavy atom. The molecule has 142 valence electrons. The van der Waals surface area contributed by atoms with Gasteiger partial charge in [0.2, 0.25) is 0 Å². The molecule has 3 rings (SSSR count). The maximum atomic E-state index is 10.3. The minimum absolute atomic E-state index is 0.320. The van der Waals surface area contributed by atoms with Crippen molar-refractivity contribution in [1.82, 2.24) is 15.0 Å². The SMILES string of the molecule is CN(Cc1ccon1)Cc1ccccc1OC[C@@H](O)CN1CCCCC1.